The maximum absolute atomic E-state index is 12.1. The lowest BCUT2D eigenvalue weighted by atomic mass is 9.83. The number of carbonyl (C=O) groups is 1. The molecule has 0 radical (unpaired) electrons. The van der Waals surface area contributed by atoms with Crippen molar-refractivity contribution in [1.82, 2.24) is 15.1 Å². The fraction of sp³-hybridized carbons (Fsp3) is 0.636. The van der Waals surface area contributed by atoms with Crippen LogP contribution in [-0.2, 0) is 6.42 Å². The number of rotatable bonds is 6. The molecule has 1 aromatic carbocycles. The second kappa shape index (κ2) is 10.3. The molecule has 0 saturated heterocycles. The van der Waals surface area contributed by atoms with Crippen molar-refractivity contribution in [2.75, 3.05) is 41.3 Å². The van der Waals surface area contributed by atoms with Gasteiger partial charge in [0.1, 0.15) is 0 Å². The molecule has 5 nitrogen and oxygen atoms in total. The average Bonchev–Trinajstić information content (AvgIpc) is 2.66. The summed E-state index contributed by atoms with van der Waals surface area (Å²) in [4.78, 5) is 20.4. The zero-order valence-corrected chi connectivity index (χ0v) is 17.7. The normalized spacial score (nSPS) is 20.3. The minimum atomic E-state index is 0.0437. The van der Waals surface area contributed by atoms with Gasteiger partial charge in [0, 0.05) is 46.8 Å². The monoisotopic (exact) mass is 372 g/mol. The highest BCUT2D eigenvalue weighted by Gasteiger charge is 2.20. The Bertz CT molecular complexity index is 633. The summed E-state index contributed by atoms with van der Waals surface area (Å²) < 4.78 is 0. The van der Waals surface area contributed by atoms with Gasteiger partial charge in [-0.3, -0.25) is 9.79 Å². The van der Waals surface area contributed by atoms with E-state index in [2.05, 4.69) is 35.2 Å². The van der Waals surface area contributed by atoms with Gasteiger partial charge < -0.3 is 15.1 Å². The van der Waals surface area contributed by atoms with Crippen LogP contribution in [0.2, 0.25) is 0 Å². The number of amides is 1. The average molecular weight is 373 g/mol. The van der Waals surface area contributed by atoms with Crippen molar-refractivity contribution in [3.63, 3.8) is 0 Å². The van der Waals surface area contributed by atoms with Gasteiger partial charge in [-0.15, -0.1) is 0 Å². The van der Waals surface area contributed by atoms with Crippen molar-refractivity contribution in [3.8, 4) is 0 Å². The molecule has 1 N–H and O–H groups in total. The minimum absolute atomic E-state index is 0.0437. The molecule has 0 heterocycles. The molecular formula is C22H36N4O. The molecule has 2 rings (SSSR count). The number of carbonyl (C=O) groups excluding carboxylic acids is 1. The molecule has 1 saturated carbocycles. The van der Waals surface area contributed by atoms with E-state index in [9.17, 15) is 4.79 Å². The third-order valence-electron chi connectivity index (χ3n) is 5.52. The first kappa shape index (κ1) is 21.3. The van der Waals surface area contributed by atoms with E-state index in [1.54, 1.807) is 19.0 Å². The van der Waals surface area contributed by atoms with Crippen molar-refractivity contribution < 1.29 is 4.79 Å². The quantitative estimate of drug-likeness (QED) is 0.616. The number of nitrogens with one attached hydrogen (secondary N) is 1. The van der Waals surface area contributed by atoms with Crippen LogP contribution >= 0.6 is 0 Å². The molecule has 1 amide bonds. The summed E-state index contributed by atoms with van der Waals surface area (Å²) >= 11 is 0. The van der Waals surface area contributed by atoms with Gasteiger partial charge in [-0.2, -0.15) is 0 Å². The van der Waals surface area contributed by atoms with E-state index in [0.29, 0.717) is 0 Å². The minimum Gasteiger partial charge on any atom is -0.356 e. The van der Waals surface area contributed by atoms with Crippen LogP contribution in [0.3, 0.4) is 0 Å². The number of hydrogen-bond donors (Lipinski definition) is 1. The van der Waals surface area contributed by atoms with E-state index in [-0.39, 0.29) is 5.91 Å². The van der Waals surface area contributed by atoms with E-state index in [1.165, 1.54) is 25.7 Å². The number of benzene rings is 1. The van der Waals surface area contributed by atoms with Crippen LogP contribution in [-0.4, -0.2) is 62.9 Å². The van der Waals surface area contributed by atoms with Gasteiger partial charge >= 0.3 is 0 Å². The molecule has 1 aromatic rings. The highest BCUT2D eigenvalue weighted by atomic mass is 16.2. The summed E-state index contributed by atoms with van der Waals surface area (Å²) in [7, 11) is 7.54. The molecule has 27 heavy (non-hydrogen) atoms. The molecule has 0 bridgehead atoms. The lowest BCUT2D eigenvalue weighted by Crippen LogP contribution is -2.42. The molecule has 0 aromatic heterocycles. The zero-order valence-electron chi connectivity index (χ0n) is 17.7. The molecule has 1 fully saturated rings. The summed E-state index contributed by atoms with van der Waals surface area (Å²) in [5.41, 5.74) is 1.90. The zero-order chi connectivity index (χ0) is 19.8. The third kappa shape index (κ3) is 6.56. The van der Waals surface area contributed by atoms with Gasteiger partial charge in [0.2, 0.25) is 0 Å². The number of guanidine groups is 1. The van der Waals surface area contributed by atoms with Crippen LogP contribution in [0, 0.1) is 11.8 Å². The van der Waals surface area contributed by atoms with Gasteiger partial charge in [-0.1, -0.05) is 31.9 Å². The first-order valence-corrected chi connectivity index (χ1v) is 10.1. The van der Waals surface area contributed by atoms with Crippen LogP contribution in [0.4, 0.5) is 0 Å². The molecule has 150 valence electrons. The molecule has 1 aliphatic rings. The van der Waals surface area contributed by atoms with Gasteiger partial charge in [-0.25, -0.2) is 0 Å². The summed E-state index contributed by atoms with van der Waals surface area (Å²) in [5, 5.41) is 3.47. The van der Waals surface area contributed by atoms with Gasteiger partial charge in [-0.05, 0) is 48.8 Å². The van der Waals surface area contributed by atoms with E-state index in [1.807, 2.05) is 25.2 Å². The van der Waals surface area contributed by atoms with Crippen LogP contribution in [0.25, 0.3) is 0 Å². The molecule has 5 heteroatoms. The van der Waals surface area contributed by atoms with Crippen LogP contribution in [0.15, 0.2) is 29.3 Å². The Kier molecular flexibility index (Phi) is 8.14. The first-order valence-electron chi connectivity index (χ1n) is 10.1. The SMILES string of the molecule is CN=C(NCCc1cccc(C(=O)N(C)C)c1)N(C)CC1CCC(C)CC1. The first-order chi connectivity index (χ1) is 12.9. The largest absolute Gasteiger partial charge is 0.356 e. The maximum Gasteiger partial charge on any atom is 0.253 e. The van der Waals surface area contributed by atoms with Crippen molar-refractivity contribution in [3.05, 3.63) is 35.4 Å². The molecule has 0 unspecified atom stereocenters. The van der Waals surface area contributed by atoms with Crippen molar-refractivity contribution in [1.29, 1.82) is 0 Å². The van der Waals surface area contributed by atoms with Crippen molar-refractivity contribution in [2.24, 2.45) is 16.8 Å². The van der Waals surface area contributed by atoms with Gasteiger partial charge in [0.05, 0.1) is 0 Å². The van der Waals surface area contributed by atoms with E-state index < -0.39 is 0 Å². The standard InChI is InChI=1S/C22H36N4O/c1-17-9-11-19(12-10-17)16-26(5)22(23-2)24-14-13-18-7-6-8-20(15-18)21(27)25(3)4/h6-8,15,17,19H,9-14,16H2,1-5H3,(H,23,24). The Morgan fingerprint density at radius 3 is 2.52 bits per heavy atom. The predicted molar refractivity (Wildman–Crippen MR) is 113 cm³/mol. The molecule has 0 spiro atoms. The molecule has 1 aliphatic carbocycles. The smallest absolute Gasteiger partial charge is 0.253 e. The molecular weight excluding hydrogens is 336 g/mol. The van der Waals surface area contributed by atoms with Gasteiger partial charge in [0.15, 0.2) is 5.96 Å². The second-order valence-corrected chi connectivity index (χ2v) is 8.13. The Morgan fingerprint density at radius 1 is 1.19 bits per heavy atom. The van der Waals surface area contributed by atoms with Crippen LogP contribution in [0.5, 0.6) is 0 Å². The summed E-state index contributed by atoms with van der Waals surface area (Å²) in [6.45, 7) is 4.24. The number of nitrogens with zero attached hydrogens (tertiary/aromatic N) is 3. The maximum atomic E-state index is 12.1. The lowest BCUT2D eigenvalue weighted by molar-refractivity contribution is 0.0827. The third-order valence-corrected chi connectivity index (χ3v) is 5.52. The topological polar surface area (TPSA) is 47.9 Å². The second-order valence-electron chi connectivity index (χ2n) is 8.13. The number of aliphatic imine (C=N–C) groups is 1. The van der Waals surface area contributed by atoms with Gasteiger partial charge in [0.25, 0.3) is 5.91 Å². The Morgan fingerprint density at radius 2 is 1.89 bits per heavy atom. The predicted octanol–water partition coefficient (Wildman–Crippen LogP) is 3.26. The number of hydrogen-bond acceptors (Lipinski definition) is 2. The molecule has 0 atom stereocenters. The summed E-state index contributed by atoms with van der Waals surface area (Å²) in [6.07, 6.45) is 6.23. The van der Waals surface area contributed by atoms with E-state index in [4.69, 9.17) is 0 Å². The molecule has 0 aliphatic heterocycles. The van der Waals surface area contributed by atoms with E-state index >= 15 is 0 Å². The highest BCUT2D eigenvalue weighted by Crippen LogP contribution is 2.28. The Labute approximate surface area is 164 Å². The lowest BCUT2D eigenvalue weighted by Gasteiger charge is -2.31. The Hall–Kier alpha value is -2.04. The fourth-order valence-electron chi connectivity index (χ4n) is 3.81. The summed E-state index contributed by atoms with van der Waals surface area (Å²) in [6, 6.07) is 7.89. The van der Waals surface area contributed by atoms with Crippen LogP contribution in [0.1, 0.15) is 48.5 Å². The van der Waals surface area contributed by atoms with Crippen molar-refractivity contribution >= 4 is 11.9 Å². The summed E-state index contributed by atoms with van der Waals surface area (Å²) in [5.74, 6) is 2.66. The van der Waals surface area contributed by atoms with E-state index in [0.717, 1.165) is 48.4 Å². The Balaban J connectivity index is 1.82. The highest BCUT2D eigenvalue weighted by molar-refractivity contribution is 5.94. The fourth-order valence-corrected chi connectivity index (χ4v) is 3.81. The van der Waals surface area contributed by atoms with Crippen molar-refractivity contribution in [2.45, 2.75) is 39.0 Å². The van der Waals surface area contributed by atoms with Crippen LogP contribution < -0.4 is 5.32 Å².